The standard InChI is InChI=1S/C47H63N11O13S/c1-23-37(40(50)57-41(53-23)26-8-10-28(11-9-26)47(3,4)5)43(63)55-33(13-14-52-72(51,68)69)45(65)58(6)38-27-17-32(39(61)36(18-27)71-22-30(60)20-49)31-15-25(7-12-35(31)70-21-29(59)19-48)16-34(46(66)67)56-42(62)24(2)54-44(38)64/h7-12,15,17-18,24,29-30,33-34,38,52,59-61H,13-14,16,19-22,48-49H2,1-6H3,(H,54,64)(H,55,63)(H,56,62)(H,66,67)(H2,50,53,57)(H2,51,68,69)/t24-,29?,30?,33?,34-,38-/m0/s1. The zero-order valence-electron chi connectivity index (χ0n) is 40.6. The Kier molecular flexibility index (Phi) is 18.2. The van der Waals surface area contributed by atoms with Gasteiger partial charge in [0.2, 0.25) is 17.7 Å². The van der Waals surface area contributed by atoms with Gasteiger partial charge in [-0.2, -0.15) is 8.42 Å². The fourth-order valence-electron chi connectivity index (χ4n) is 7.62. The quantitative estimate of drug-likeness (QED) is 0.0581. The number of aromatic nitrogens is 2. The Bertz CT molecular complexity index is 2750. The van der Waals surface area contributed by atoms with Crippen molar-refractivity contribution in [3.8, 4) is 39.8 Å². The van der Waals surface area contributed by atoms with Crippen molar-refractivity contribution in [1.29, 1.82) is 0 Å². The molecule has 5 rings (SSSR count). The fourth-order valence-corrected chi connectivity index (χ4v) is 8.02. The van der Waals surface area contributed by atoms with Gasteiger partial charge in [0.15, 0.2) is 17.3 Å². The lowest BCUT2D eigenvalue weighted by Gasteiger charge is -2.33. The first-order valence-electron chi connectivity index (χ1n) is 22.7. The highest BCUT2D eigenvalue weighted by Gasteiger charge is 2.37. The number of rotatable bonds is 18. The number of fused-ring (bicyclic) bond motifs is 5. The number of aromatic hydroxyl groups is 1. The van der Waals surface area contributed by atoms with Crippen molar-refractivity contribution in [2.45, 2.75) is 89.3 Å². The molecule has 0 saturated carbocycles. The predicted molar refractivity (Wildman–Crippen MR) is 263 cm³/mol. The number of carboxylic acid groups (broad SMARTS) is 1. The fraction of sp³-hybridized carbons (Fsp3) is 0.426. The number of ether oxygens (including phenoxy) is 2. The molecule has 3 aromatic carbocycles. The van der Waals surface area contributed by atoms with Crippen molar-refractivity contribution in [3.05, 3.63) is 82.5 Å². The molecule has 1 aliphatic heterocycles. The zero-order chi connectivity index (χ0) is 53.4. The number of phenolic OH excluding ortho intramolecular Hbond substituents is 1. The molecule has 390 valence electrons. The van der Waals surface area contributed by atoms with E-state index in [1.54, 1.807) is 0 Å². The van der Waals surface area contributed by atoms with Crippen LogP contribution in [0.25, 0.3) is 22.5 Å². The molecule has 1 aliphatic rings. The molecule has 0 saturated heterocycles. The minimum absolute atomic E-state index is 0.0175. The minimum atomic E-state index is -4.33. The second-order valence-corrected chi connectivity index (χ2v) is 19.7. The summed E-state index contributed by atoms with van der Waals surface area (Å²) < 4.78 is 37.9. The number of aliphatic carboxylic acids is 1. The number of benzene rings is 3. The van der Waals surface area contributed by atoms with E-state index in [-0.39, 0.29) is 82.6 Å². The number of likely N-dealkylation sites (N-methyl/N-ethyl adjacent to an activating group) is 1. The van der Waals surface area contributed by atoms with Gasteiger partial charge >= 0.3 is 5.97 Å². The maximum atomic E-state index is 15.0. The summed E-state index contributed by atoms with van der Waals surface area (Å²) in [5.74, 6) is -6.34. The smallest absolute Gasteiger partial charge is 0.326 e. The van der Waals surface area contributed by atoms with Crippen LogP contribution in [-0.2, 0) is 41.2 Å². The monoisotopic (exact) mass is 1020 g/mol. The molecule has 0 radical (unpaired) electrons. The summed E-state index contributed by atoms with van der Waals surface area (Å²) in [5, 5.41) is 55.5. The molecule has 4 amide bonds. The van der Waals surface area contributed by atoms with Crippen molar-refractivity contribution in [2.24, 2.45) is 16.6 Å². The van der Waals surface area contributed by atoms with Gasteiger partial charge in [0, 0.05) is 49.8 Å². The molecule has 25 heteroatoms. The van der Waals surface area contributed by atoms with Crippen molar-refractivity contribution >= 4 is 45.6 Å². The largest absolute Gasteiger partial charge is 0.504 e. The van der Waals surface area contributed by atoms with Crippen LogP contribution in [0, 0.1) is 6.92 Å². The number of carbonyl (C=O) groups excluding carboxylic acids is 4. The molecule has 3 unspecified atom stereocenters. The van der Waals surface area contributed by atoms with Crippen LogP contribution < -0.4 is 52.5 Å². The van der Waals surface area contributed by atoms with Gasteiger partial charge in [0.25, 0.3) is 16.1 Å². The summed E-state index contributed by atoms with van der Waals surface area (Å²) in [4.78, 5) is 79.8. The molecular weight excluding hydrogens is 959 g/mol. The molecular formula is C47H63N11O13S. The second-order valence-electron chi connectivity index (χ2n) is 18.3. The summed E-state index contributed by atoms with van der Waals surface area (Å²) in [6, 6.07) is 7.83. The number of anilines is 1. The van der Waals surface area contributed by atoms with E-state index >= 15 is 0 Å². The first-order chi connectivity index (χ1) is 33.7. The number of nitrogens with one attached hydrogen (secondary N) is 4. The maximum Gasteiger partial charge on any atom is 0.326 e. The van der Waals surface area contributed by atoms with Crippen LogP contribution in [0.1, 0.15) is 72.9 Å². The van der Waals surface area contributed by atoms with Crippen molar-refractivity contribution in [3.63, 3.8) is 0 Å². The van der Waals surface area contributed by atoms with E-state index in [1.165, 1.54) is 51.2 Å². The zero-order valence-corrected chi connectivity index (χ0v) is 41.4. The van der Waals surface area contributed by atoms with E-state index in [9.17, 15) is 52.8 Å². The van der Waals surface area contributed by atoms with Crippen LogP contribution in [0.4, 0.5) is 5.82 Å². The van der Waals surface area contributed by atoms with Crippen LogP contribution in [-0.4, -0.2) is 144 Å². The number of aryl methyl sites for hydroxylation is 1. The highest BCUT2D eigenvalue weighted by atomic mass is 32.2. The molecule has 4 aromatic rings. The molecule has 72 heavy (non-hydrogen) atoms. The molecule has 0 fully saturated rings. The van der Waals surface area contributed by atoms with E-state index < -0.39 is 102 Å². The Labute approximate surface area is 416 Å². The Balaban J connectivity index is 1.67. The summed E-state index contributed by atoms with van der Waals surface area (Å²) in [6.07, 6.45) is -3.17. The number of amides is 4. The Hall–Kier alpha value is -7.00. The van der Waals surface area contributed by atoms with Gasteiger partial charge in [-0.05, 0) is 66.6 Å². The number of nitrogens with two attached hydrogens (primary N) is 4. The highest BCUT2D eigenvalue weighted by molar-refractivity contribution is 7.87. The van der Waals surface area contributed by atoms with E-state index in [0.29, 0.717) is 11.1 Å². The third-order valence-electron chi connectivity index (χ3n) is 11.6. The Morgan fingerprint density at radius 1 is 0.917 bits per heavy atom. The van der Waals surface area contributed by atoms with E-state index in [0.717, 1.165) is 10.5 Å². The predicted octanol–water partition coefficient (Wildman–Crippen LogP) is -0.787. The molecule has 2 heterocycles. The van der Waals surface area contributed by atoms with Gasteiger partial charge in [-0.15, -0.1) is 0 Å². The molecule has 1 aromatic heterocycles. The van der Waals surface area contributed by atoms with Crippen molar-refractivity contribution in [1.82, 2.24) is 35.5 Å². The first-order valence-corrected chi connectivity index (χ1v) is 24.2. The Morgan fingerprint density at radius 3 is 2.11 bits per heavy atom. The lowest BCUT2D eigenvalue weighted by Crippen LogP contribution is -2.55. The number of phenols is 1. The number of carbonyl (C=O) groups is 5. The number of aliphatic hydroxyl groups excluding tert-OH is 2. The van der Waals surface area contributed by atoms with Crippen molar-refractivity contribution in [2.75, 3.05) is 45.6 Å². The number of hydrogen-bond acceptors (Lipinski definition) is 17. The summed E-state index contributed by atoms with van der Waals surface area (Å²) in [7, 11) is -3.16. The maximum absolute atomic E-state index is 15.0. The third kappa shape index (κ3) is 14.1. The minimum Gasteiger partial charge on any atom is -0.504 e. The normalized spacial score (nSPS) is 17.6. The number of hydrogen-bond donors (Lipinski definition) is 12. The summed E-state index contributed by atoms with van der Waals surface area (Å²) >= 11 is 0. The molecule has 0 aliphatic carbocycles. The van der Waals surface area contributed by atoms with Gasteiger partial charge in [-0.25, -0.2) is 24.6 Å². The van der Waals surface area contributed by atoms with Gasteiger partial charge in [0.05, 0.1) is 5.69 Å². The average molecular weight is 1020 g/mol. The summed E-state index contributed by atoms with van der Waals surface area (Å²) in [6.45, 7) is 7.16. The van der Waals surface area contributed by atoms with E-state index in [4.69, 9.17) is 31.8 Å². The number of nitrogens with zero attached hydrogens (tertiary/aromatic N) is 3. The van der Waals surface area contributed by atoms with Crippen molar-refractivity contribution < 1.29 is 62.3 Å². The van der Waals surface area contributed by atoms with Crippen LogP contribution in [0.3, 0.4) is 0 Å². The second kappa shape index (κ2) is 23.5. The van der Waals surface area contributed by atoms with Crippen LogP contribution >= 0.6 is 0 Å². The van der Waals surface area contributed by atoms with Crippen LogP contribution in [0.15, 0.2) is 54.6 Å². The van der Waals surface area contributed by atoms with Crippen LogP contribution in [0.2, 0.25) is 0 Å². The molecule has 4 bridgehead atoms. The lowest BCUT2D eigenvalue weighted by molar-refractivity contribution is -0.143. The van der Waals surface area contributed by atoms with Gasteiger partial charge in [0.1, 0.15) is 66.7 Å². The first kappa shape index (κ1) is 55.9. The molecule has 16 N–H and O–H groups in total. The number of aliphatic hydroxyl groups is 2. The van der Waals surface area contributed by atoms with Crippen LogP contribution in [0.5, 0.6) is 17.2 Å². The molecule has 24 nitrogen and oxygen atoms in total. The van der Waals surface area contributed by atoms with E-state index in [2.05, 4.69) is 51.4 Å². The average Bonchev–Trinajstić information content (AvgIpc) is 3.31. The third-order valence-corrected chi connectivity index (χ3v) is 12.2. The molecule has 6 atom stereocenters. The topological polar surface area (TPSA) is 400 Å². The summed E-state index contributed by atoms with van der Waals surface area (Å²) in [5.41, 5.74) is 19.2. The van der Waals surface area contributed by atoms with Gasteiger partial charge < -0.3 is 68.0 Å². The Morgan fingerprint density at radius 2 is 1.54 bits per heavy atom. The highest BCUT2D eigenvalue weighted by Crippen LogP contribution is 2.45. The van der Waals surface area contributed by atoms with E-state index in [1.807, 2.05) is 24.3 Å². The number of carboxylic acids is 1. The number of nitrogen functional groups attached to an aromatic ring is 1. The van der Waals surface area contributed by atoms with Gasteiger partial charge in [-0.3, -0.25) is 19.2 Å². The lowest BCUT2D eigenvalue weighted by atomic mass is 9.86. The van der Waals surface area contributed by atoms with Gasteiger partial charge in [-0.1, -0.05) is 51.1 Å². The SMILES string of the molecule is Cc1nc(-c2ccc(C(C)(C)C)cc2)nc(N)c1C(=O)NC(CCNS(N)(=O)=O)C(=O)N(C)[C@@H]1C(=O)N[C@@H](C)C(=O)N[C@H](C(=O)O)Cc2ccc(OCC(O)CN)c(c2)-c2cc1cc(OCC(O)CN)c2O. The molecule has 0 spiro atoms.